The molecule has 6 nitrogen and oxygen atoms in total. The zero-order valence-corrected chi connectivity index (χ0v) is 19.1. The zero-order valence-electron chi connectivity index (χ0n) is 19.1. The maximum absolute atomic E-state index is 13.4. The van der Waals surface area contributed by atoms with Crippen molar-refractivity contribution in [2.75, 3.05) is 19.7 Å². The van der Waals surface area contributed by atoms with Gasteiger partial charge in [0.05, 0.1) is 18.9 Å². The van der Waals surface area contributed by atoms with Gasteiger partial charge in [0, 0.05) is 25.1 Å². The van der Waals surface area contributed by atoms with Crippen LogP contribution in [0, 0.1) is 5.92 Å². The Bertz CT molecular complexity index is 876. The summed E-state index contributed by atoms with van der Waals surface area (Å²) in [5.41, 5.74) is 1.21. The van der Waals surface area contributed by atoms with Crippen LogP contribution in [0.15, 0.2) is 53.1 Å². The monoisotopic (exact) mass is 438 g/mol. The highest BCUT2D eigenvalue weighted by atomic mass is 16.5. The Labute approximate surface area is 190 Å². The maximum Gasteiger partial charge on any atom is 0.242 e. The van der Waals surface area contributed by atoms with Gasteiger partial charge in [0.2, 0.25) is 11.8 Å². The van der Waals surface area contributed by atoms with Crippen molar-refractivity contribution in [3.63, 3.8) is 0 Å². The first-order chi connectivity index (χ1) is 15.6. The molecule has 0 N–H and O–H groups in total. The number of nitrogens with zero attached hydrogens (tertiary/aromatic N) is 2. The number of hydrogen-bond donors (Lipinski definition) is 0. The molecule has 6 heteroatoms. The Balaban J connectivity index is 1.45. The van der Waals surface area contributed by atoms with Gasteiger partial charge in [-0.25, -0.2) is 0 Å². The molecular weight excluding hydrogens is 404 g/mol. The fraction of sp³-hybridized carbons (Fsp3) is 0.538. The molecule has 2 heterocycles. The van der Waals surface area contributed by atoms with Gasteiger partial charge in [-0.3, -0.25) is 9.59 Å². The van der Waals surface area contributed by atoms with Crippen LogP contribution in [-0.2, 0) is 20.9 Å². The second-order valence-electron chi connectivity index (χ2n) is 9.07. The Morgan fingerprint density at radius 1 is 1.16 bits per heavy atom. The number of amides is 2. The molecule has 2 aromatic rings. The van der Waals surface area contributed by atoms with Gasteiger partial charge in [0.1, 0.15) is 12.3 Å². The molecule has 4 rings (SSSR count). The summed E-state index contributed by atoms with van der Waals surface area (Å²) in [6.45, 7) is 5.85. The van der Waals surface area contributed by atoms with Crippen molar-refractivity contribution in [1.29, 1.82) is 0 Å². The lowest BCUT2D eigenvalue weighted by molar-refractivity contribution is -0.144. The summed E-state index contributed by atoms with van der Waals surface area (Å²) in [5.74, 6) is 1.01. The van der Waals surface area contributed by atoms with E-state index in [9.17, 15) is 9.59 Å². The minimum absolute atomic E-state index is 0.0108. The van der Waals surface area contributed by atoms with Crippen LogP contribution >= 0.6 is 0 Å². The van der Waals surface area contributed by atoms with Gasteiger partial charge >= 0.3 is 0 Å². The smallest absolute Gasteiger partial charge is 0.242 e. The van der Waals surface area contributed by atoms with E-state index in [-0.39, 0.29) is 42.3 Å². The van der Waals surface area contributed by atoms with Gasteiger partial charge in [0.25, 0.3) is 0 Å². The van der Waals surface area contributed by atoms with Crippen LogP contribution in [0.25, 0.3) is 0 Å². The first kappa shape index (κ1) is 22.6. The van der Waals surface area contributed by atoms with Gasteiger partial charge in [0.15, 0.2) is 0 Å². The van der Waals surface area contributed by atoms with E-state index >= 15 is 0 Å². The number of ether oxygens (including phenoxy) is 1. The number of benzene rings is 1. The van der Waals surface area contributed by atoms with Crippen LogP contribution in [0.5, 0.6) is 0 Å². The molecule has 4 unspecified atom stereocenters. The van der Waals surface area contributed by atoms with E-state index in [1.54, 1.807) is 16.1 Å². The molecule has 1 saturated carbocycles. The highest BCUT2D eigenvalue weighted by Crippen LogP contribution is 2.48. The lowest BCUT2D eigenvalue weighted by Gasteiger charge is -2.32. The quantitative estimate of drug-likeness (QED) is 0.557. The number of carbonyl (C=O) groups excluding carboxylic acids is 2. The summed E-state index contributed by atoms with van der Waals surface area (Å²) >= 11 is 0. The van der Waals surface area contributed by atoms with E-state index in [4.69, 9.17) is 9.15 Å². The highest BCUT2D eigenvalue weighted by molar-refractivity contribution is 5.88. The third-order valence-electron chi connectivity index (χ3n) is 6.77. The zero-order chi connectivity index (χ0) is 22.5. The average Bonchev–Trinajstić information content (AvgIpc) is 3.16. The predicted octanol–water partition coefficient (Wildman–Crippen LogP) is 4.22. The summed E-state index contributed by atoms with van der Waals surface area (Å²) in [4.78, 5) is 30.4. The van der Waals surface area contributed by atoms with Crippen LogP contribution in [0.1, 0.15) is 56.8 Å². The van der Waals surface area contributed by atoms with Crippen molar-refractivity contribution in [2.24, 2.45) is 5.92 Å². The standard InChI is InChI=1S/C26H34N2O4/c1-3-19(2)28(26(30)24-15-23(24)20-9-5-4-6-10-20)18-25(29)27(16-21-11-7-13-31-21)17-22-12-8-14-32-22/h4-7,9-11,13,19,22-24H,3,8,12,14-18H2,1-2H3. The molecular formula is C26H34N2O4. The van der Waals surface area contributed by atoms with E-state index in [1.165, 1.54) is 5.56 Å². The molecule has 1 saturated heterocycles. The maximum atomic E-state index is 13.4. The van der Waals surface area contributed by atoms with Crippen molar-refractivity contribution in [3.8, 4) is 0 Å². The topological polar surface area (TPSA) is 63.0 Å². The van der Waals surface area contributed by atoms with Crippen molar-refractivity contribution < 1.29 is 18.7 Å². The molecule has 172 valence electrons. The van der Waals surface area contributed by atoms with Crippen LogP contribution in [0.4, 0.5) is 0 Å². The second kappa shape index (κ2) is 10.3. The summed E-state index contributed by atoms with van der Waals surface area (Å²) in [5, 5.41) is 0. The van der Waals surface area contributed by atoms with Gasteiger partial charge in [-0.05, 0) is 56.2 Å². The molecule has 2 amide bonds. The number of furan rings is 1. The van der Waals surface area contributed by atoms with Gasteiger partial charge < -0.3 is 19.0 Å². The predicted molar refractivity (Wildman–Crippen MR) is 122 cm³/mol. The third kappa shape index (κ3) is 5.41. The molecule has 2 fully saturated rings. The van der Waals surface area contributed by atoms with Crippen molar-refractivity contribution >= 4 is 11.8 Å². The Morgan fingerprint density at radius 2 is 1.97 bits per heavy atom. The Kier molecular flexibility index (Phi) is 7.30. The fourth-order valence-electron chi connectivity index (χ4n) is 4.55. The first-order valence-corrected chi connectivity index (χ1v) is 11.8. The molecule has 0 bridgehead atoms. The van der Waals surface area contributed by atoms with Crippen LogP contribution in [0.3, 0.4) is 0 Å². The SMILES string of the molecule is CCC(C)N(CC(=O)N(Cc1ccco1)CC1CCCO1)C(=O)C1CC1c1ccccc1. The largest absolute Gasteiger partial charge is 0.467 e. The lowest BCUT2D eigenvalue weighted by Crippen LogP contribution is -2.48. The van der Waals surface area contributed by atoms with Crippen LogP contribution in [0.2, 0.25) is 0 Å². The summed E-state index contributed by atoms with van der Waals surface area (Å²) in [6, 6.07) is 13.9. The molecule has 2 aliphatic rings. The minimum atomic E-state index is -0.0533. The van der Waals surface area contributed by atoms with Crippen LogP contribution < -0.4 is 0 Å². The molecule has 1 aromatic heterocycles. The van der Waals surface area contributed by atoms with Gasteiger partial charge in [-0.2, -0.15) is 0 Å². The molecule has 4 atom stereocenters. The number of rotatable bonds is 10. The Hall–Kier alpha value is -2.60. The molecule has 0 spiro atoms. The Morgan fingerprint density at radius 3 is 2.62 bits per heavy atom. The van der Waals surface area contributed by atoms with E-state index in [1.807, 2.05) is 37.3 Å². The summed E-state index contributed by atoms with van der Waals surface area (Å²) in [6.07, 6.45) is 5.31. The van der Waals surface area contributed by atoms with E-state index in [0.29, 0.717) is 13.1 Å². The van der Waals surface area contributed by atoms with E-state index in [2.05, 4.69) is 19.1 Å². The van der Waals surface area contributed by atoms with E-state index in [0.717, 1.165) is 38.1 Å². The third-order valence-corrected chi connectivity index (χ3v) is 6.77. The van der Waals surface area contributed by atoms with Crippen molar-refractivity contribution in [2.45, 2.75) is 64.1 Å². The second-order valence-corrected chi connectivity index (χ2v) is 9.07. The van der Waals surface area contributed by atoms with E-state index < -0.39 is 0 Å². The van der Waals surface area contributed by atoms with Crippen molar-refractivity contribution in [1.82, 2.24) is 9.80 Å². The molecule has 1 aromatic carbocycles. The molecule has 32 heavy (non-hydrogen) atoms. The van der Waals surface area contributed by atoms with Crippen LogP contribution in [-0.4, -0.2) is 53.5 Å². The van der Waals surface area contributed by atoms with Gasteiger partial charge in [-0.1, -0.05) is 37.3 Å². The van der Waals surface area contributed by atoms with Crippen molar-refractivity contribution in [3.05, 3.63) is 60.1 Å². The van der Waals surface area contributed by atoms with Gasteiger partial charge in [-0.15, -0.1) is 0 Å². The normalized spacial score (nSPS) is 23.0. The summed E-state index contributed by atoms with van der Waals surface area (Å²) in [7, 11) is 0. The molecule has 1 aliphatic carbocycles. The molecule has 0 radical (unpaired) electrons. The number of carbonyl (C=O) groups is 2. The lowest BCUT2D eigenvalue weighted by atomic mass is 10.1. The average molecular weight is 439 g/mol. The first-order valence-electron chi connectivity index (χ1n) is 11.8. The summed E-state index contributed by atoms with van der Waals surface area (Å²) < 4.78 is 11.3. The minimum Gasteiger partial charge on any atom is -0.467 e. The fourth-order valence-corrected chi connectivity index (χ4v) is 4.55. The number of hydrogen-bond acceptors (Lipinski definition) is 4. The molecule has 1 aliphatic heterocycles. The highest BCUT2D eigenvalue weighted by Gasteiger charge is 2.46.